The fraction of sp³-hybridized carbons (Fsp3) is 0.333. The molecule has 1 amide bonds. The predicted molar refractivity (Wildman–Crippen MR) is 90.9 cm³/mol. The van der Waals surface area contributed by atoms with Crippen molar-refractivity contribution < 1.29 is 4.79 Å². The van der Waals surface area contributed by atoms with E-state index in [1.54, 1.807) is 12.1 Å². The third kappa shape index (κ3) is 4.29. The highest BCUT2D eigenvalue weighted by Gasteiger charge is 2.22. The number of carbonyl (C=O) groups excluding carboxylic acids is 1. The molecule has 0 aliphatic carbocycles. The number of amides is 1. The van der Waals surface area contributed by atoms with Crippen LogP contribution in [0.2, 0.25) is 0 Å². The van der Waals surface area contributed by atoms with Crippen molar-refractivity contribution in [1.82, 2.24) is 15.2 Å². The van der Waals surface area contributed by atoms with Crippen LogP contribution in [0.3, 0.4) is 0 Å². The van der Waals surface area contributed by atoms with Crippen LogP contribution in [0, 0.1) is 0 Å². The van der Waals surface area contributed by atoms with Crippen LogP contribution in [0.1, 0.15) is 28.9 Å². The van der Waals surface area contributed by atoms with Crippen molar-refractivity contribution >= 4 is 11.6 Å². The van der Waals surface area contributed by atoms with Gasteiger partial charge in [-0.15, -0.1) is 0 Å². The molecule has 1 aliphatic rings. The van der Waals surface area contributed by atoms with E-state index in [1.807, 2.05) is 6.07 Å². The molecule has 1 fully saturated rings. The number of nitrogens with two attached hydrogens (primary N) is 1. The standard InChI is InChI=1S/C18H22N4O/c19-15-8-9-17(20-11-15)18(23)21-16-7-4-10-22(13-16)12-14-5-2-1-3-6-14/h1-3,5-6,8-9,11,16H,4,7,10,12-13,19H2,(H,21,23). The summed E-state index contributed by atoms with van der Waals surface area (Å²) in [6, 6.07) is 14.0. The number of pyridine rings is 1. The lowest BCUT2D eigenvalue weighted by molar-refractivity contribution is 0.0896. The van der Waals surface area contributed by atoms with Gasteiger partial charge in [-0.05, 0) is 37.1 Å². The summed E-state index contributed by atoms with van der Waals surface area (Å²) >= 11 is 0. The first-order valence-corrected chi connectivity index (χ1v) is 7.99. The summed E-state index contributed by atoms with van der Waals surface area (Å²) in [5.74, 6) is -0.128. The number of hydrogen-bond donors (Lipinski definition) is 2. The van der Waals surface area contributed by atoms with Crippen LogP contribution in [0.25, 0.3) is 0 Å². The molecule has 23 heavy (non-hydrogen) atoms. The van der Waals surface area contributed by atoms with Gasteiger partial charge < -0.3 is 11.1 Å². The van der Waals surface area contributed by atoms with Crippen molar-refractivity contribution in [2.24, 2.45) is 0 Å². The van der Waals surface area contributed by atoms with Crippen molar-refractivity contribution in [2.45, 2.75) is 25.4 Å². The van der Waals surface area contributed by atoms with Crippen molar-refractivity contribution in [3.05, 3.63) is 59.9 Å². The van der Waals surface area contributed by atoms with Crippen LogP contribution in [0.5, 0.6) is 0 Å². The van der Waals surface area contributed by atoms with E-state index in [-0.39, 0.29) is 11.9 Å². The number of rotatable bonds is 4. The number of nitrogen functional groups attached to an aromatic ring is 1. The molecule has 0 radical (unpaired) electrons. The minimum Gasteiger partial charge on any atom is -0.397 e. The van der Waals surface area contributed by atoms with E-state index >= 15 is 0 Å². The van der Waals surface area contributed by atoms with Crippen LogP contribution in [-0.2, 0) is 6.54 Å². The van der Waals surface area contributed by atoms with Crippen molar-refractivity contribution in [2.75, 3.05) is 18.8 Å². The molecule has 1 atom stereocenters. The summed E-state index contributed by atoms with van der Waals surface area (Å²) < 4.78 is 0. The molecule has 1 saturated heterocycles. The van der Waals surface area contributed by atoms with Gasteiger partial charge in [0.15, 0.2) is 0 Å². The van der Waals surface area contributed by atoms with Crippen LogP contribution in [0.15, 0.2) is 48.7 Å². The summed E-state index contributed by atoms with van der Waals surface area (Å²) in [6.07, 6.45) is 3.61. The number of piperidine rings is 1. The normalized spacial score (nSPS) is 18.5. The van der Waals surface area contributed by atoms with E-state index in [2.05, 4.69) is 39.5 Å². The second-order valence-corrected chi connectivity index (χ2v) is 6.01. The average molecular weight is 310 g/mol. The molecule has 1 aliphatic heterocycles. The molecule has 2 heterocycles. The molecule has 3 N–H and O–H groups in total. The molecule has 5 heteroatoms. The Morgan fingerprint density at radius 3 is 2.83 bits per heavy atom. The van der Waals surface area contributed by atoms with Gasteiger partial charge in [0.2, 0.25) is 0 Å². The highest BCUT2D eigenvalue weighted by Crippen LogP contribution is 2.14. The van der Waals surface area contributed by atoms with Crippen LogP contribution in [-0.4, -0.2) is 34.9 Å². The fourth-order valence-electron chi connectivity index (χ4n) is 2.96. The molecule has 1 aromatic heterocycles. The molecule has 0 bridgehead atoms. The van der Waals surface area contributed by atoms with Crippen molar-refractivity contribution in [1.29, 1.82) is 0 Å². The van der Waals surface area contributed by atoms with Gasteiger partial charge >= 0.3 is 0 Å². The van der Waals surface area contributed by atoms with E-state index < -0.39 is 0 Å². The first-order valence-electron chi connectivity index (χ1n) is 7.99. The number of nitrogens with zero attached hydrogens (tertiary/aromatic N) is 2. The van der Waals surface area contributed by atoms with Crippen LogP contribution >= 0.6 is 0 Å². The summed E-state index contributed by atoms with van der Waals surface area (Å²) in [7, 11) is 0. The highest BCUT2D eigenvalue weighted by atomic mass is 16.1. The number of benzene rings is 1. The van der Waals surface area contributed by atoms with Crippen molar-refractivity contribution in [3.8, 4) is 0 Å². The highest BCUT2D eigenvalue weighted by molar-refractivity contribution is 5.92. The zero-order chi connectivity index (χ0) is 16.1. The molecule has 120 valence electrons. The summed E-state index contributed by atoms with van der Waals surface area (Å²) in [5, 5.41) is 3.09. The third-order valence-electron chi connectivity index (χ3n) is 4.11. The maximum Gasteiger partial charge on any atom is 0.270 e. The molecule has 0 saturated carbocycles. The van der Waals surface area contributed by atoms with Crippen LogP contribution in [0.4, 0.5) is 5.69 Å². The quantitative estimate of drug-likeness (QED) is 0.907. The number of likely N-dealkylation sites (tertiary alicyclic amines) is 1. The average Bonchev–Trinajstić information content (AvgIpc) is 2.57. The molecule has 2 aromatic rings. The molecule has 1 unspecified atom stereocenters. The minimum atomic E-state index is -0.128. The Hall–Kier alpha value is -2.40. The summed E-state index contributed by atoms with van der Waals surface area (Å²) in [5.41, 5.74) is 7.89. The third-order valence-corrected chi connectivity index (χ3v) is 4.11. The molecule has 0 spiro atoms. The number of nitrogens with one attached hydrogen (secondary N) is 1. The SMILES string of the molecule is Nc1ccc(C(=O)NC2CCCN(Cc3ccccc3)C2)nc1. The van der Waals surface area contributed by atoms with Gasteiger partial charge in [0.1, 0.15) is 5.69 Å². The lowest BCUT2D eigenvalue weighted by atomic mass is 10.0. The zero-order valence-corrected chi connectivity index (χ0v) is 13.1. The molecular weight excluding hydrogens is 288 g/mol. The lowest BCUT2D eigenvalue weighted by Crippen LogP contribution is -2.47. The minimum absolute atomic E-state index is 0.128. The number of aromatic nitrogens is 1. The van der Waals surface area contributed by atoms with Gasteiger partial charge in [0, 0.05) is 19.1 Å². The van der Waals surface area contributed by atoms with Gasteiger partial charge in [0.05, 0.1) is 11.9 Å². The monoisotopic (exact) mass is 310 g/mol. The Kier molecular flexibility index (Phi) is 4.88. The van der Waals surface area contributed by atoms with E-state index in [9.17, 15) is 4.79 Å². The smallest absolute Gasteiger partial charge is 0.270 e. The largest absolute Gasteiger partial charge is 0.397 e. The van der Waals surface area contributed by atoms with Gasteiger partial charge in [-0.2, -0.15) is 0 Å². The number of anilines is 1. The molecular formula is C18H22N4O. The van der Waals surface area contributed by atoms with Gasteiger partial charge in [-0.25, -0.2) is 4.98 Å². The van der Waals surface area contributed by atoms with E-state index in [4.69, 9.17) is 5.73 Å². The molecule has 3 rings (SSSR count). The predicted octanol–water partition coefficient (Wildman–Crippen LogP) is 2.06. The summed E-state index contributed by atoms with van der Waals surface area (Å²) in [4.78, 5) is 18.7. The molecule has 1 aromatic carbocycles. The Morgan fingerprint density at radius 2 is 2.09 bits per heavy atom. The van der Waals surface area contributed by atoms with E-state index in [1.165, 1.54) is 11.8 Å². The maximum absolute atomic E-state index is 12.3. The Morgan fingerprint density at radius 1 is 1.26 bits per heavy atom. The van der Waals surface area contributed by atoms with Gasteiger partial charge in [-0.3, -0.25) is 9.69 Å². The lowest BCUT2D eigenvalue weighted by Gasteiger charge is -2.33. The number of hydrogen-bond acceptors (Lipinski definition) is 4. The van der Waals surface area contributed by atoms with E-state index in [0.717, 1.165) is 32.5 Å². The van der Waals surface area contributed by atoms with Crippen LogP contribution < -0.4 is 11.1 Å². The van der Waals surface area contributed by atoms with Gasteiger partial charge in [-0.1, -0.05) is 30.3 Å². The zero-order valence-electron chi connectivity index (χ0n) is 13.1. The van der Waals surface area contributed by atoms with E-state index in [0.29, 0.717) is 11.4 Å². The Labute approximate surface area is 136 Å². The van der Waals surface area contributed by atoms with Crippen molar-refractivity contribution in [3.63, 3.8) is 0 Å². The summed E-state index contributed by atoms with van der Waals surface area (Å²) in [6.45, 7) is 2.87. The number of carbonyl (C=O) groups is 1. The Balaban J connectivity index is 1.56. The molecule has 5 nitrogen and oxygen atoms in total. The first-order chi connectivity index (χ1) is 11.2. The maximum atomic E-state index is 12.3. The van der Waals surface area contributed by atoms with Gasteiger partial charge in [0.25, 0.3) is 5.91 Å². The topological polar surface area (TPSA) is 71.2 Å². The first kappa shape index (κ1) is 15.5. The second-order valence-electron chi connectivity index (χ2n) is 6.01. The fourth-order valence-corrected chi connectivity index (χ4v) is 2.96. The Bertz CT molecular complexity index is 642. The second kappa shape index (κ2) is 7.24.